The summed E-state index contributed by atoms with van der Waals surface area (Å²) in [6.07, 6.45) is 4.56. The number of rotatable bonds is 13. The molecule has 0 aliphatic heterocycles. The standard InChI is InChI=1S/C49H45N7O3/c1-5-6-22-44-50-43(46-45(48(57)59-4)34(2)31-35(3)55(46)58)33-54(44)32-36-23-25-37(26-24-36)38-27-29-39(30-28-38)47-51-52-53-56(47)49(40-16-10-7-11-17-40,41-18-12-8-13-19-41)42-20-14-9-15-21-42/h7-21,23-31,33H,5-6,22,32H2,1-4H3. The first kappa shape index (κ1) is 38.7. The molecule has 294 valence electrons. The van der Waals surface area contributed by atoms with Crippen LogP contribution in [0.4, 0.5) is 0 Å². The summed E-state index contributed by atoms with van der Waals surface area (Å²) in [5, 5.41) is 27.0. The van der Waals surface area contributed by atoms with Crippen LogP contribution in [0.3, 0.4) is 0 Å². The van der Waals surface area contributed by atoms with E-state index in [0.717, 1.165) is 68.8 Å². The van der Waals surface area contributed by atoms with Crippen molar-refractivity contribution in [3.8, 4) is 33.9 Å². The Bertz CT molecular complexity index is 2600. The Morgan fingerprint density at radius 3 is 1.85 bits per heavy atom. The lowest BCUT2D eigenvalue weighted by Crippen LogP contribution is -2.39. The number of carbonyl (C=O) groups is 1. The number of pyridine rings is 1. The van der Waals surface area contributed by atoms with Gasteiger partial charge in [-0.3, -0.25) is 0 Å². The summed E-state index contributed by atoms with van der Waals surface area (Å²) in [5.74, 6) is 0.937. The van der Waals surface area contributed by atoms with Crippen molar-refractivity contribution in [1.29, 1.82) is 0 Å². The van der Waals surface area contributed by atoms with Crippen molar-refractivity contribution in [2.75, 3.05) is 7.11 Å². The number of esters is 1. The van der Waals surface area contributed by atoms with Crippen LogP contribution in [0.15, 0.2) is 152 Å². The summed E-state index contributed by atoms with van der Waals surface area (Å²) in [6, 6.07) is 49.7. The summed E-state index contributed by atoms with van der Waals surface area (Å²) in [4.78, 5) is 17.8. The van der Waals surface area contributed by atoms with Crippen molar-refractivity contribution >= 4 is 5.97 Å². The fraction of sp³-hybridized carbons (Fsp3) is 0.184. The van der Waals surface area contributed by atoms with E-state index >= 15 is 0 Å². The van der Waals surface area contributed by atoms with Gasteiger partial charge in [-0.15, -0.1) is 5.10 Å². The van der Waals surface area contributed by atoms with Crippen LogP contribution in [0.2, 0.25) is 0 Å². The number of hydrogen-bond donors (Lipinski definition) is 0. The van der Waals surface area contributed by atoms with Gasteiger partial charge in [0.2, 0.25) is 0 Å². The van der Waals surface area contributed by atoms with E-state index in [4.69, 9.17) is 14.9 Å². The SMILES string of the molecule is CCCCc1nc(-c2c(C(=O)OC)c(C)cc(C)[n+]2[O-])cn1Cc1ccc(-c2ccc(-c3nnnn3C(c3ccccc3)(c3ccccc3)c3ccccc3)cc2)cc1. The van der Waals surface area contributed by atoms with E-state index in [1.165, 1.54) is 7.11 Å². The maximum Gasteiger partial charge on any atom is 0.345 e. The molecule has 10 nitrogen and oxygen atoms in total. The molecule has 0 bridgehead atoms. The molecule has 8 rings (SSSR count). The van der Waals surface area contributed by atoms with E-state index < -0.39 is 11.5 Å². The monoisotopic (exact) mass is 779 g/mol. The number of hydrogen-bond acceptors (Lipinski definition) is 7. The molecule has 8 aromatic rings. The number of methoxy groups -OCH3 is 1. The average Bonchev–Trinajstić information content (AvgIpc) is 3.93. The van der Waals surface area contributed by atoms with E-state index in [0.29, 0.717) is 29.3 Å². The van der Waals surface area contributed by atoms with E-state index in [9.17, 15) is 10.0 Å². The number of benzene rings is 5. The van der Waals surface area contributed by atoms with Gasteiger partial charge < -0.3 is 14.5 Å². The van der Waals surface area contributed by atoms with Gasteiger partial charge in [0.1, 0.15) is 16.9 Å². The maximum absolute atomic E-state index is 13.4. The number of aryl methyl sites for hydroxylation is 3. The lowest BCUT2D eigenvalue weighted by molar-refractivity contribution is -0.601. The zero-order valence-electron chi connectivity index (χ0n) is 33.6. The van der Waals surface area contributed by atoms with Crippen LogP contribution in [0, 0.1) is 19.1 Å². The summed E-state index contributed by atoms with van der Waals surface area (Å²) >= 11 is 0. The van der Waals surface area contributed by atoms with Gasteiger partial charge in [0.05, 0.1) is 7.11 Å². The van der Waals surface area contributed by atoms with Gasteiger partial charge >= 0.3 is 5.97 Å². The lowest BCUT2D eigenvalue weighted by atomic mass is 9.77. The fourth-order valence-corrected chi connectivity index (χ4v) is 8.05. The minimum atomic E-state index is -0.845. The Balaban J connectivity index is 1.11. The molecule has 0 saturated heterocycles. The highest BCUT2D eigenvalue weighted by molar-refractivity contribution is 5.96. The average molecular weight is 780 g/mol. The molecule has 0 aliphatic carbocycles. The van der Waals surface area contributed by atoms with Crippen molar-refractivity contribution < 1.29 is 14.3 Å². The Labute approximate surface area is 344 Å². The molecule has 0 unspecified atom stereocenters. The topological polar surface area (TPSA) is 115 Å². The number of imidazole rings is 1. The normalized spacial score (nSPS) is 11.5. The zero-order chi connectivity index (χ0) is 40.9. The molecule has 0 N–H and O–H groups in total. The summed E-state index contributed by atoms with van der Waals surface area (Å²) < 4.78 is 9.88. The van der Waals surface area contributed by atoms with Crippen molar-refractivity contribution in [2.24, 2.45) is 0 Å². The minimum Gasteiger partial charge on any atom is -0.618 e. The quantitative estimate of drug-likeness (QED) is 0.0496. The largest absolute Gasteiger partial charge is 0.618 e. The Hall–Kier alpha value is -7.20. The highest BCUT2D eigenvalue weighted by Crippen LogP contribution is 2.42. The summed E-state index contributed by atoms with van der Waals surface area (Å²) in [6.45, 7) is 6.23. The van der Waals surface area contributed by atoms with E-state index in [1.807, 2.05) is 36.0 Å². The number of nitrogens with zero attached hydrogens (tertiary/aromatic N) is 7. The molecule has 59 heavy (non-hydrogen) atoms. The third-order valence-corrected chi connectivity index (χ3v) is 11.0. The van der Waals surface area contributed by atoms with Crippen LogP contribution in [0.1, 0.15) is 69.5 Å². The molecule has 3 heterocycles. The fourth-order valence-electron chi connectivity index (χ4n) is 8.05. The maximum atomic E-state index is 13.4. The molecule has 0 atom stereocenters. The third-order valence-electron chi connectivity index (χ3n) is 11.0. The van der Waals surface area contributed by atoms with Crippen molar-refractivity contribution in [3.05, 3.63) is 202 Å². The van der Waals surface area contributed by atoms with Crippen LogP contribution in [-0.4, -0.2) is 42.8 Å². The number of tetrazole rings is 1. The molecule has 0 aliphatic rings. The van der Waals surface area contributed by atoms with Crippen molar-refractivity contribution in [3.63, 3.8) is 0 Å². The second kappa shape index (κ2) is 16.7. The van der Waals surface area contributed by atoms with Gasteiger partial charge in [0, 0.05) is 37.7 Å². The van der Waals surface area contributed by atoms with Crippen molar-refractivity contribution in [1.82, 2.24) is 29.8 Å². The molecule has 0 amide bonds. The lowest BCUT2D eigenvalue weighted by Gasteiger charge is -2.36. The van der Waals surface area contributed by atoms with Crippen LogP contribution in [-0.2, 0) is 23.2 Å². The first-order valence-electron chi connectivity index (χ1n) is 19.9. The predicted octanol–water partition coefficient (Wildman–Crippen LogP) is 9.14. The molecule has 10 heteroatoms. The Kier molecular flexibility index (Phi) is 11.0. The predicted molar refractivity (Wildman–Crippen MR) is 228 cm³/mol. The van der Waals surface area contributed by atoms with Crippen LogP contribution in [0.25, 0.3) is 33.9 Å². The highest BCUT2D eigenvalue weighted by atomic mass is 16.5. The second-order valence-electron chi connectivity index (χ2n) is 14.7. The van der Waals surface area contributed by atoms with Gasteiger partial charge in [-0.05, 0) is 62.7 Å². The third kappa shape index (κ3) is 7.29. The van der Waals surface area contributed by atoms with Gasteiger partial charge in [-0.25, -0.2) is 14.5 Å². The summed E-state index contributed by atoms with van der Waals surface area (Å²) in [5.41, 5.74) is 8.40. The summed E-state index contributed by atoms with van der Waals surface area (Å²) in [7, 11) is 1.32. The number of ether oxygens (including phenoxy) is 1. The molecule has 5 aromatic carbocycles. The molecular weight excluding hydrogens is 735 g/mol. The number of carbonyl (C=O) groups excluding carboxylic acids is 1. The van der Waals surface area contributed by atoms with Gasteiger partial charge in [0.25, 0.3) is 5.69 Å². The van der Waals surface area contributed by atoms with E-state index in [2.05, 4.69) is 143 Å². The van der Waals surface area contributed by atoms with Gasteiger partial charge in [-0.1, -0.05) is 153 Å². The molecular formula is C49H45N7O3. The minimum absolute atomic E-state index is 0.213. The molecule has 0 spiro atoms. The second-order valence-corrected chi connectivity index (χ2v) is 14.7. The van der Waals surface area contributed by atoms with E-state index in [1.54, 1.807) is 13.0 Å². The van der Waals surface area contributed by atoms with Crippen molar-refractivity contribution in [2.45, 2.75) is 52.1 Å². The first-order chi connectivity index (χ1) is 28.8. The van der Waals surface area contributed by atoms with Crippen LogP contribution in [0.5, 0.6) is 0 Å². The molecule has 3 aromatic heterocycles. The Morgan fingerprint density at radius 2 is 1.31 bits per heavy atom. The zero-order valence-corrected chi connectivity index (χ0v) is 33.6. The highest BCUT2D eigenvalue weighted by Gasteiger charge is 2.42. The first-order valence-corrected chi connectivity index (χ1v) is 19.9. The van der Waals surface area contributed by atoms with Gasteiger partial charge in [-0.2, -0.15) is 4.73 Å². The molecule has 0 radical (unpaired) electrons. The van der Waals surface area contributed by atoms with Gasteiger partial charge in [0.15, 0.2) is 17.2 Å². The van der Waals surface area contributed by atoms with Crippen LogP contribution >= 0.6 is 0 Å². The smallest absolute Gasteiger partial charge is 0.345 e. The Morgan fingerprint density at radius 1 is 0.763 bits per heavy atom. The number of unbranched alkanes of at least 4 members (excludes halogenated alkanes) is 1. The number of aromatic nitrogens is 7. The molecule has 0 saturated carbocycles. The molecule has 0 fully saturated rings. The van der Waals surface area contributed by atoms with Crippen LogP contribution < -0.4 is 4.73 Å². The van der Waals surface area contributed by atoms with E-state index in [-0.39, 0.29) is 11.3 Å².